The molecule has 3 rings (SSSR count). The van der Waals surface area contributed by atoms with Crippen molar-refractivity contribution in [1.82, 2.24) is 15.1 Å². The van der Waals surface area contributed by atoms with Gasteiger partial charge in [-0.1, -0.05) is 27.2 Å². The van der Waals surface area contributed by atoms with Crippen LogP contribution in [0.1, 0.15) is 21.8 Å². The van der Waals surface area contributed by atoms with E-state index in [0.29, 0.717) is 17.3 Å². The molecule has 0 spiro atoms. The lowest BCUT2D eigenvalue weighted by atomic mass is 10.2. The molecule has 7 nitrogen and oxygen atoms in total. The second-order valence-corrected chi connectivity index (χ2v) is 5.99. The zero-order valence-electron chi connectivity index (χ0n) is 13.0. The molecule has 2 heterocycles. The standard InChI is InChI=1S/C16H14BrN5O2/c1-9-3-4-11(8-12(9)17)19-15(23)13-5-6-18-16(20-13)21-14-7-10(2)24-22-14/h3-8H,1-2H3,(H,19,23)(H,18,20,21,22). The maximum Gasteiger partial charge on any atom is 0.274 e. The smallest absolute Gasteiger partial charge is 0.274 e. The van der Waals surface area contributed by atoms with Gasteiger partial charge in [0, 0.05) is 22.4 Å². The summed E-state index contributed by atoms with van der Waals surface area (Å²) in [4.78, 5) is 20.6. The average Bonchev–Trinajstić information content (AvgIpc) is 2.96. The SMILES string of the molecule is Cc1cc(Nc2nccc(C(=O)Nc3ccc(C)c(Br)c3)n2)no1. The van der Waals surface area contributed by atoms with E-state index in [1.165, 1.54) is 12.3 Å². The number of anilines is 3. The van der Waals surface area contributed by atoms with Crippen LogP contribution < -0.4 is 10.6 Å². The van der Waals surface area contributed by atoms with Gasteiger partial charge in [0.25, 0.3) is 5.91 Å². The van der Waals surface area contributed by atoms with E-state index in [1.807, 2.05) is 25.1 Å². The van der Waals surface area contributed by atoms with E-state index in [0.717, 1.165) is 10.0 Å². The maximum atomic E-state index is 12.3. The Kier molecular flexibility index (Phi) is 4.57. The van der Waals surface area contributed by atoms with E-state index in [2.05, 4.69) is 41.7 Å². The minimum atomic E-state index is -0.326. The summed E-state index contributed by atoms with van der Waals surface area (Å²) in [5.74, 6) is 1.08. The van der Waals surface area contributed by atoms with Crippen molar-refractivity contribution in [2.75, 3.05) is 10.6 Å². The number of carbonyl (C=O) groups excluding carboxylic acids is 1. The first-order valence-electron chi connectivity index (χ1n) is 7.12. The van der Waals surface area contributed by atoms with E-state index in [-0.39, 0.29) is 17.5 Å². The highest BCUT2D eigenvalue weighted by Crippen LogP contribution is 2.21. The van der Waals surface area contributed by atoms with Crippen molar-refractivity contribution in [3.05, 3.63) is 58.0 Å². The number of hydrogen-bond acceptors (Lipinski definition) is 6. The van der Waals surface area contributed by atoms with Gasteiger partial charge in [-0.2, -0.15) is 0 Å². The van der Waals surface area contributed by atoms with Crippen LogP contribution in [0.15, 0.2) is 45.5 Å². The molecule has 1 amide bonds. The minimum Gasteiger partial charge on any atom is -0.360 e. The number of amides is 1. The van der Waals surface area contributed by atoms with Gasteiger partial charge in [-0.25, -0.2) is 9.97 Å². The van der Waals surface area contributed by atoms with Gasteiger partial charge in [0.15, 0.2) is 5.82 Å². The van der Waals surface area contributed by atoms with Crippen molar-refractivity contribution in [3.63, 3.8) is 0 Å². The maximum absolute atomic E-state index is 12.3. The van der Waals surface area contributed by atoms with Crippen molar-refractivity contribution < 1.29 is 9.32 Å². The highest BCUT2D eigenvalue weighted by Gasteiger charge is 2.11. The summed E-state index contributed by atoms with van der Waals surface area (Å²) in [6, 6.07) is 8.83. The van der Waals surface area contributed by atoms with Crippen LogP contribution in [0, 0.1) is 13.8 Å². The van der Waals surface area contributed by atoms with Gasteiger partial charge in [0.2, 0.25) is 5.95 Å². The highest BCUT2D eigenvalue weighted by molar-refractivity contribution is 9.10. The number of benzene rings is 1. The van der Waals surface area contributed by atoms with E-state index >= 15 is 0 Å². The fourth-order valence-corrected chi connectivity index (χ4v) is 2.33. The fraction of sp³-hybridized carbons (Fsp3) is 0.125. The van der Waals surface area contributed by atoms with Gasteiger partial charge >= 0.3 is 0 Å². The summed E-state index contributed by atoms with van der Waals surface area (Å²) in [6.45, 7) is 3.76. The molecule has 122 valence electrons. The van der Waals surface area contributed by atoms with Crippen LogP contribution in [0.2, 0.25) is 0 Å². The average molecular weight is 388 g/mol. The summed E-state index contributed by atoms with van der Waals surface area (Å²) in [5, 5.41) is 9.49. The number of rotatable bonds is 4. The van der Waals surface area contributed by atoms with Gasteiger partial charge in [-0.05, 0) is 37.6 Å². The second-order valence-electron chi connectivity index (χ2n) is 5.13. The normalized spacial score (nSPS) is 10.5. The van der Waals surface area contributed by atoms with Crippen LogP contribution >= 0.6 is 15.9 Å². The molecule has 24 heavy (non-hydrogen) atoms. The lowest BCUT2D eigenvalue weighted by molar-refractivity contribution is 0.102. The van der Waals surface area contributed by atoms with Crippen LogP contribution in [0.4, 0.5) is 17.5 Å². The third-order valence-electron chi connectivity index (χ3n) is 3.19. The Morgan fingerprint density at radius 2 is 2.04 bits per heavy atom. The molecule has 0 aliphatic carbocycles. The molecular weight excluding hydrogens is 374 g/mol. The third kappa shape index (κ3) is 3.77. The number of nitrogens with zero attached hydrogens (tertiary/aromatic N) is 3. The van der Waals surface area contributed by atoms with Crippen molar-refractivity contribution in [2.24, 2.45) is 0 Å². The summed E-state index contributed by atoms with van der Waals surface area (Å²) >= 11 is 3.44. The predicted molar refractivity (Wildman–Crippen MR) is 93.4 cm³/mol. The molecule has 0 aliphatic heterocycles. The molecule has 2 N–H and O–H groups in total. The van der Waals surface area contributed by atoms with E-state index in [9.17, 15) is 4.79 Å². The third-order valence-corrected chi connectivity index (χ3v) is 4.04. The molecule has 0 atom stereocenters. The molecule has 0 bridgehead atoms. The van der Waals surface area contributed by atoms with Crippen molar-refractivity contribution in [3.8, 4) is 0 Å². The van der Waals surface area contributed by atoms with Crippen LogP contribution in [0.25, 0.3) is 0 Å². The summed E-state index contributed by atoms with van der Waals surface area (Å²) < 4.78 is 5.89. The lowest BCUT2D eigenvalue weighted by Gasteiger charge is -2.07. The van der Waals surface area contributed by atoms with Crippen LogP contribution in [0.5, 0.6) is 0 Å². The predicted octanol–water partition coefficient (Wildman–Crippen LogP) is 3.84. The molecule has 0 aliphatic rings. The van der Waals surface area contributed by atoms with Gasteiger partial charge in [-0.15, -0.1) is 0 Å². The highest BCUT2D eigenvalue weighted by atomic mass is 79.9. The molecule has 1 aromatic carbocycles. The quantitative estimate of drug-likeness (QED) is 0.706. The zero-order chi connectivity index (χ0) is 17.1. The Morgan fingerprint density at radius 3 is 2.75 bits per heavy atom. The molecule has 8 heteroatoms. The van der Waals surface area contributed by atoms with Crippen LogP contribution in [-0.4, -0.2) is 21.0 Å². The number of aromatic nitrogens is 3. The Balaban J connectivity index is 1.75. The van der Waals surface area contributed by atoms with Crippen molar-refractivity contribution in [1.29, 1.82) is 0 Å². The first-order valence-corrected chi connectivity index (χ1v) is 7.91. The van der Waals surface area contributed by atoms with Crippen molar-refractivity contribution in [2.45, 2.75) is 13.8 Å². The molecule has 2 aromatic heterocycles. The van der Waals surface area contributed by atoms with Crippen LogP contribution in [0.3, 0.4) is 0 Å². The first kappa shape index (κ1) is 16.1. The molecule has 0 saturated heterocycles. The van der Waals surface area contributed by atoms with Crippen LogP contribution in [-0.2, 0) is 0 Å². The number of nitrogens with one attached hydrogen (secondary N) is 2. The molecule has 3 aromatic rings. The molecule has 0 unspecified atom stereocenters. The Labute approximate surface area is 146 Å². The Morgan fingerprint density at radius 1 is 1.21 bits per heavy atom. The van der Waals surface area contributed by atoms with Crippen molar-refractivity contribution >= 4 is 39.3 Å². The summed E-state index contributed by atoms with van der Waals surface area (Å²) in [5.41, 5.74) is 2.01. The minimum absolute atomic E-state index is 0.240. The zero-order valence-corrected chi connectivity index (χ0v) is 14.6. The Bertz CT molecular complexity index is 894. The van der Waals surface area contributed by atoms with E-state index in [1.54, 1.807) is 13.0 Å². The Hall–Kier alpha value is -2.74. The van der Waals surface area contributed by atoms with E-state index < -0.39 is 0 Å². The summed E-state index contributed by atoms with van der Waals surface area (Å²) in [6.07, 6.45) is 1.50. The van der Waals surface area contributed by atoms with E-state index in [4.69, 9.17) is 4.52 Å². The molecule has 0 fully saturated rings. The largest absolute Gasteiger partial charge is 0.360 e. The second kappa shape index (κ2) is 6.79. The molecule has 0 saturated carbocycles. The number of halogens is 1. The van der Waals surface area contributed by atoms with Gasteiger partial charge in [-0.3, -0.25) is 4.79 Å². The molecule has 0 radical (unpaired) electrons. The topological polar surface area (TPSA) is 92.9 Å². The van der Waals surface area contributed by atoms with Gasteiger partial charge in [0.1, 0.15) is 11.5 Å². The number of carbonyl (C=O) groups is 1. The first-order chi connectivity index (χ1) is 11.5. The lowest BCUT2D eigenvalue weighted by Crippen LogP contribution is -2.14. The molecular formula is C16H14BrN5O2. The number of hydrogen-bond donors (Lipinski definition) is 2. The monoisotopic (exact) mass is 387 g/mol. The fourth-order valence-electron chi connectivity index (χ4n) is 1.95. The van der Waals surface area contributed by atoms with Gasteiger partial charge < -0.3 is 15.2 Å². The number of aryl methyl sites for hydroxylation is 2. The van der Waals surface area contributed by atoms with Gasteiger partial charge in [0.05, 0.1) is 0 Å². The summed E-state index contributed by atoms with van der Waals surface area (Å²) in [7, 11) is 0.